The molecule has 0 radical (unpaired) electrons. The van der Waals surface area contributed by atoms with Gasteiger partial charge in [-0.15, -0.1) is 0 Å². The van der Waals surface area contributed by atoms with Crippen LogP contribution in [0.5, 0.6) is 0 Å². The third kappa shape index (κ3) is 6.26. The van der Waals surface area contributed by atoms with E-state index in [1.54, 1.807) is 24.3 Å². The molecule has 0 bridgehead atoms. The summed E-state index contributed by atoms with van der Waals surface area (Å²) in [5.74, 6) is -0.319. The van der Waals surface area contributed by atoms with Crippen LogP contribution in [0, 0.1) is 5.53 Å². The van der Waals surface area contributed by atoms with Crippen LogP contribution in [-0.2, 0) is 20.7 Å². The topological polar surface area (TPSA) is 165 Å². The van der Waals surface area contributed by atoms with Crippen LogP contribution in [0.2, 0.25) is 0 Å². The number of ether oxygens (including phenoxy) is 2. The van der Waals surface area contributed by atoms with Gasteiger partial charge in [0, 0.05) is 5.69 Å². The number of aliphatic hydroxyl groups is 4. The third-order valence-corrected chi connectivity index (χ3v) is 4.76. The minimum absolute atomic E-state index is 0.171. The Morgan fingerprint density at radius 1 is 1.24 bits per heavy atom. The first-order valence-electron chi connectivity index (χ1n) is 9.59. The molecular formula is C19H29N3O7. The van der Waals surface area contributed by atoms with Gasteiger partial charge in [0.15, 0.2) is 6.29 Å². The molecule has 6 N–H and O–H groups in total. The SMILES string of the molecule is CCC[C@H](N=N)C(=O)Nc1ccc(CCO[C@@H]2O[C@H](CO)[C@@H](O)[C@H](O)[C@H]2O)cc1. The molecule has 1 saturated heterocycles. The number of aliphatic hydroxyl groups excluding tert-OH is 4. The van der Waals surface area contributed by atoms with Crippen molar-refractivity contribution in [1.29, 1.82) is 5.53 Å². The molecule has 2 rings (SSSR count). The largest absolute Gasteiger partial charge is 0.394 e. The molecular weight excluding hydrogens is 382 g/mol. The first kappa shape index (κ1) is 23.3. The second kappa shape index (κ2) is 11.3. The number of carbonyl (C=O) groups is 1. The average Bonchev–Trinajstić information content (AvgIpc) is 2.73. The fourth-order valence-electron chi connectivity index (χ4n) is 3.01. The van der Waals surface area contributed by atoms with E-state index < -0.39 is 43.4 Å². The van der Waals surface area contributed by atoms with Crippen molar-refractivity contribution in [2.45, 2.75) is 62.9 Å². The van der Waals surface area contributed by atoms with E-state index in [-0.39, 0.29) is 12.5 Å². The quantitative estimate of drug-likeness (QED) is 0.299. The monoisotopic (exact) mass is 411 g/mol. The molecule has 10 nitrogen and oxygen atoms in total. The van der Waals surface area contributed by atoms with Gasteiger partial charge >= 0.3 is 0 Å². The molecule has 1 aliphatic rings. The summed E-state index contributed by atoms with van der Waals surface area (Å²) in [5, 5.41) is 44.7. The molecule has 0 saturated carbocycles. The van der Waals surface area contributed by atoms with Crippen LogP contribution in [0.25, 0.3) is 0 Å². The summed E-state index contributed by atoms with van der Waals surface area (Å²) in [5.41, 5.74) is 8.60. The van der Waals surface area contributed by atoms with E-state index in [4.69, 9.17) is 15.0 Å². The number of nitrogens with one attached hydrogen (secondary N) is 2. The summed E-state index contributed by atoms with van der Waals surface area (Å²) >= 11 is 0. The van der Waals surface area contributed by atoms with Crippen LogP contribution in [0.15, 0.2) is 29.4 Å². The van der Waals surface area contributed by atoms with Crippen LogP contribution in [-0.4, -0.2) is 76.3 Å². The molecule has 29 heavy (non-hydrogen) atoms. The minimum Gasteiger partial charge on any atom is -0.394 e. The van der Waals surface area contributed by atoms with Gasteiger partial charge in [-0.05, 0) is 30.5 Å². The molecule has 1 aromatic rings. The molecule has 0 aromatic heterocycles. The molecule has 1 aromatic carbocycles. The fourth-order valence-corrected chi connectivity index (χ4v) is 3.01. The summed E-state index contributed by atoms with van der Waals surface area (Å²) in [7, 11) is 0. The maximum Gasteiger partial charge on any atom is 0.251 e. The van der Waals surface area contributed by atoms with E-state index in [9.17, 15) is 25.2 Å². The zero-order chi connectivity index (χ0) is 21.4. The van der Waals surface area contributed by atoms with Gasteiger partial charge in [-0.25, -0.2) is 5.53 Å². The van der Waals surface area contributed by atoms with Gasteiger partial charge in [0.25, 0.3) is 5.91 Å². The normalized spacial score (nSPS) is 28.0. The van der Waals surface area contributed by atoms with Crippen molar-refractivity contribution in [3.63, 3.8) is 0 Å². The van der Waals surface area contributed by atoms with E-state index in [1.165, 1.54) is 0 Å². The van der Waals surface area contributed by atoms with Gasteiger partial charge in [0.2, 0.25) is 0 Å². The molecule has 1 aliphatic heterocycles. The lowest BCUT2D eigenvalue weighted by Gasteiger charge is -2.39. The Hall–Kier alpha value is -1.95. The Morgan fingerprint density at radius 2 is 1.93 bits per heavy atom. The highest BCUT2D eigenvalue weighted by Gasteiger charge is 2.43. The third-order valence-electron chi connectivity index (χ3n) is 4.76. The molecule has 10 heteroatoms. The number of amides is 1. The molecule has 0 spiro atoms. The van der Waals surface area contributed by atoms with Gasteiger partial charge in [-0.3, -0.25) is 4.79 Å². The van der Waals surface area contributed by atoms with Crippen molar-refractivity contribution in [3.05, 3.63) is 29.8 Å². The van der Waals surface area contributed by atoms with Gasteiger partial charge in [0.1, 0.15) is 30.5 Å². The van der Waals surface area contributed by atoms with Crippen molar-refractivity contribution >= 4 is 11.6 Å². The minimum atomic E-state index is -1.47. The van der Waals surface area contributed by atoms with E-state index in [2.05, 4.69) is 10.4 Å². The lowest BCUT2D eigenvalue weighted by Crippen LogP contribution is -2.59. The van der Waals surface area contributed by atoms with Gasteiger partial charge < -0.3 is 35.2 Å². The smallest absolute Gasteiger partial charge is 0.251 e. The van der Waals surface area contributed by atoms with Crippen LogP contribution in [0.3, 0.4) is 0 Å². The zero-order valence-corrected chi connectivity index (χ0v) is 16.3. The summed E-state index contributed by atoms with van der Waals surface area (Å²) in [6.07, 6.45) is -4.73. The van der Waals surface area contributed by atoms with Crippen LogP contribution in [0.4, 0.5) is 5.69 Å². The highest BCUT2D eigenvalue weighted by Crippen LogP contribution is 2.22. The number of hydrogen-bond acceptors (Lipinski definition) is 9. The van der Waals surface area contributed by atoms with E-state index in [0.29, 0.717) is 18.5 Å². The second-order valence-electron chi connectivity index (χ2n) is 6.94. The fraction of sp³-hybridized carbons (Fsp3) is 0.632. The van der Waals surface area contributed by atoms with Gasteiger partial charge in [0.05, 0.1) is 13.2 Å². The van der Waals surface area contributed by atoms with Gasteiger partial charge in [-0.2, -0.15) is 5.11 Å². The summed E-state index contributed by atoms with van der Waals surface area (Å²) in [6, 6.07) is 6.38. The molecule has 0 aliphatic carbocycles. The summed E-state index contributed by atoms with van der Waals surface area (Å²) in [6.45, 7) is 1.59. The van der Waals surface area contributed by atoms with Crippen molar-refractivity contribution in [2.75, 3.05) is 18.5 Å². The average molecular weight is 411 g/mol. The van der Waals surface area contributed by atoms with Crippen molar-refractivity contribution in [2.24, 2.45) is 5.11 Å². The summed E-state index contributed by atoms with van der Waals surface area (Å²) < 4.78 is 10.7. The Labute approximate surface area is 169 Å². The summed E-state index contributed by atoms with van der Waals surface area (Å²) in [4.78, 5) is 12.1. The standard InChI is InChI=1S/C19H29N3O7/c1-2-3-13(22-20)18(27)21-12-6-4-11(5-7-12)8-9-28-19-17(26)16(25)15(24)14(10-23)29-19/h4-7,13-17,19-20,23-26H,2-3,8-10H2,1H3,(H,21,27)/t13-,14+,15+,16-,17+,19+/m0/s1. The van der Waals surface area contributed by atoms with Crippen LogP contribution < -0.4 is 5.32 Å². The van der Waals surface area contributed by atoms with Crippen molar-refractivity contribution < 1.29 is 34.7 Å². The zero-order valence-electron chi connectivity index (χ0n) is 16.3. The van der Waals surface area contributed by atoms with Crippen LogP contribution >= 0.6 is 0 Å². The first-order valence-corrected chi connectivity index (χ1v) is 9.59. The number of benzene rings is 1. The molecule has 1 fully saturated rings. The molecule has 0 unspecified atom stereocenters. The maximum absolute atomic E-state index is 12.1. The van der Waals surface area contributed by atoms with Crippen LogP contribution in [0.1, 0.15) is 25.3 Å². The number of nitrogens with zero attached hydrogens (tertiary/aromatic N) is 1. The number of carbonyl (C=O) groups excluding carboxylic acids is 1. The lowest BCUT2D eigenvalue weighted by molar-refractivity contribution is -0.300. The van der Waals surface area contributed by atoms with E-state index in [0.717, 1.165) is 12.0 Å². The first-order chi connectivity index (χ1) is 13.9. The van der Waals surface area contributed by atoms with E-state index >= 15 is 0 Å². The van der Waals surface area contributed by atoms with E-state index in [1.807, 2.05) is 6.92 Å². The molecule has 1 heterocycles. The Morgan fingerprint density at radius 3 is 2.52 bits per heavy atom. The highest BCUT2D eigenvalue weighted by atomic mass is 16.7. The maximum atomic E-state index is 12.1. The second-order valence-corrected chi connectivity index (χ2v) is 6.94. The highest BCUT2D eigenvalue weighted by molar-refractivity contribution is 5.94. The predicted molar refractivity (Wildman–Crippen MR) is 102 cm³/mol. The van der Waals surface area contributed by atoms with Gasteiger partial charge in [-0.1, -0.05) is 25.5 Å². The van der Waals surface area contributed by atoms with Crippen molar-refractivity contribution in [3.8, 4) is 0 Å². The number of hydrogen-bond donors (Lipinski definition) is 6. The Bertz CT molecular complexity index is 656. The molecule has 6 atom stereocenters. The lowest BCUT2D eigenvalue weighted by atomic mass is 9.99. The Kier molecular flexibility index (Phi) is 9.08. The predicted octanol–water partition coefficient (Wildman–Crippen LogP) is 0.184. The number of anilines is 1. The Balaban J connectivity index is 1.83. The number of rotatable bonds is 10. The molecule has 162 valence electrons. The van der Waals surface area contributed by atoms with Crippen molar-refractivity contribution in [1.82, 2.24) is 0 Å². The molecule has 1 amide bonds.